The SMILES string of the molecule is CNc1cc(Sc2nc(C)cc(=O)[nH]2)nc(C(C)(C)C)n1. The van der Waals surface area contributed by atoms with Crippen molar-refractivity contribution in [3.05, 3.63) is 34.0 Å². The van der Waals surface area contributed by atoms with Crippen LogP contribution in [0.1, 0.15) is 32.3 Å². The molecule has 2 N–H and O–H groups in total. The number of nitrogens with one attached hydrogen (secondary N) is 2. The molecule has 2 heterocycles. The van der Waals surface area contributed by atoms with Crippen LogP contribution in [0.4, 0.5) is 5.82 Å². The van der Waals surface area contributed by atoms with Gasteiger partial charge in [0.15, 0.2) is 5.16 Å². The van der Waals surface area contributed by atoms with Crippen LogP contribution in [-0.2, 0) is 5.41 Å². The maximum absolute atomic E-state index is 11.5. The molecule has 2 aromatic rings. The first-order chi connectivity index (χ1) is 9.77. The van der Waals surface area contributed by atoms with Crippen molar-refractivity contribution in [3.8, 4) is 0 Å². The minimum Gasteiger partial charge on any atom is -0.373 e. The molecule has 2 rings (SSSR count). The molecule has 0 fully saturated rings. The third-order valence-corrected chi connectivity index (χ3v) is 3.48. The molecule has 0 saturated carbocycles. The molecule has 21 heavy (non-hydrogen) atoms. The van der Waals surface area contributed by atoms with Crippen LogP contribution in [0.2, 0.25) is 0 Å². The molecule has 0 saturated heterocycles. The predicted molar refractivity (Wildman–Crippen MR) is 84.0 cm³/mol. The molecular weight excluding hydrogens is 286 g/mol. The van der Waals surface area contributed by atoms with Crippen molar-refractivity contribution in [1.29, 1.82) is 0 Å². The van der Waals surface area contributed by atoms with E-state index in [1.54, 1.807) is 6.92 Å². The predicted octanol–water partition coefficient (Wildman–Crippen LogP) is 2.36. The molecule has 0 aromatic carbocycles. The summed E-state index contributed by atoms with van der Waals surface area (Å²) >= 11 is 1.32. The van der Waals surface area contributed by atoms with Gasteiger partial charge in [0, 0.05) is 30.3 Å². The summed E-state index contributed by atoms with van der Waals surface area (Å²) in [6.07, 6.45) is 0. The fraction of sp³-hybridized carbons (Fsp3) is 0.429. The number of aromatic amines is 1. The van der Waals surface area contributed by atoms with Gasteiger partial charge in [0.05, 0.1) is 0 Å². The lowest BCUT2D eigenvalue weighted by Crippen LogP contribution is -2.17. The van der Waals surface area contributed by atoms with E-state index in [4.69, 9.17) is 0 Å². The number of anilines is 1. The third-order valence-electron chi connectivity index (χ3n) is 2.68. The van der Waals surface area contributed by atoms with Crippen molar-refractivity contribution in [2.24, 2.45) is 0 Å². The summed E-state index contributed by atoms with van der Waals surface area (Å²) < 4.78 is 0. The van der Waals surface area contributed by atoms with Gasteiger partial charge < -0.3 is 10.3 Å². The van der Waals surface area contributed by atoms with Gasteiger partial charge in [-0.15, -0.1) is 0 Å². The van der Waals surface area contributed by atoms with Crippen LogP contribution in [-0.4, -0.2) is 27.0 Å². The van der Waals surface area contributed by atoms with Gasteiger partial charge >= 0.3 is 0 Å². The molecule has 0 aliphatic heterocycles. The normalized spacial score (nSPS) is 11.5. The van der Waals surface area contributed by atoms with Crippen molar-refractivity contribution in [2.45, 2.75) is 43.3 Å². The molecule has 0 unspecified atom stereocenters. The first-order valence-electron chi connectivity index (χ1n) is 6.61. The van der Waals surface area contributed by atoms with E-state index in [0.29, 0.717) is 10.9 Å². The van der Waals surface area contributed by atoms with Crippen molar-refractivity contribution < 1.29 is 0 Å². The minimum atomic E-state index is -0.163. The fourth-order valence-corrected chi connectivity index (χ4v) is 2.48. The molecule has 0 aliphatic rings. The van der Waals surface area contributed by atoms with E-state index >= 15 is 0 Å². The van der Waals surface area contributed by atoms with Crippen LogP contribution in [0.3, 0.4) is 0 Å². The Morgan fingerprint density at radius 2 is 1.90 bits per heavy atom. The van der Waals surface area contributed by atoms with Gasteiger partial charge in [-0.3, -0.25) is 4.79 Å². The molecule has 112 valence electrons. The molecule has 0 spiro atoms. The van der Waals surface area contributed by atoms with E-state index < -0.39 is 0 Å². The second-order valence-corrected chi connectivity index (χ2v) is 6.72. The zero-order chi connectivity index (χ0) is 15.6. The van der Waals surface area contributed by atoms with E-state index in [0.717, 1.165) is 16.7 Å². The first kappa shape index (κ1) is 15.5. The van der Waals surface area contributed by atoms with E-state index in [9.17, 15) is 4.79 Å². The number of hydrogen-bond donors (Lipinski definition) is 2. The highest BCUT2D eigenvalue weighted by Crippen LogP contribution is 2.27. The summed E-state index contributed by atoms with van der Waals surface area (Å²) in [4.78, 5) is 27.5. The topological polar surface area (TPSA) is 83.6 Å². The van der Waals surface area contributed by atoms with Crippen LogP contribution in [0.15, 0.2) is 27.1 Å². The number of rotatable bonds is 3. The number of hydrogen-bond acceptors (Lipinski definition) is 6. The Labute approximate surface area is 127 Å². The summed E-state index contributed by atoms with van der Waals surface area (Å²) in [5, 5.41) is 4.30. The van der Waals surface area contributed by atoms with E-state index in [1.807, 2.05) is 13.1 Å². The second kappa shape index (κ2) is 5.85. The Bertz CT molecular complexity index is 705. The van der Waals surface area contributed by atoms with E-state index in [-0.39, 0.29) is 11.0 Å². The molecule has 0 bridgehead atoms. The Morgan fingerprint density at radius 3 is 2.48 bits per heavy atom. The number of aryl methyl sites for hydroxylation is 1. The van der Waals surface area contributed by atoms with Crippen LogP contribution in [0.25, 0.3) is 0 Å². The summed E-state index contributed by atoms with van der Waals surface area (Å²) in [6.45, 7) is 7.97. The maximum Gasteiger partial charge on any atom is 0.251 e. The minimum absolute atomic E-state index is 0.157. The van der Waals surface area contributed by atoms with Gasteiger partial charge in [-0.1, -0.05) is 20.8 Å². The zero-order valence-electron chi connectivity index (χ0n) is 12.8. The summed E-state index contributed by atoms with van der Waals surface area (Å²) in [5.74, 6) is 1.49. The highest BCUT2D eigenvalue weighted by atomic mass is 32.2. The van der Waals surface area contributed by atoms with Crippen LogP contribution >= 0.6 is 11.8 Å². The number of nitrogens with zero attached hydrogens (tertiary/aromatic N) is 3. The number of aromatic nitrogens is 4. The molecule has 0 amide bonds. The Balaban J connectivity index is 2.41. The molecule has 7 heteroatoms. The molecule has 0 atom stereocenters. The maximum atomic E-state index is 11.5. The van der Waals surface area contributed by atoms with Crippen molar-refractivity contribution in [1.82, 2.24) is 19.9 Å². The van der Waals surface area contributed by atoms with Crippen LogP contribution < -0.4 is 10.9 Å². The molecular formula is C14H19N5OS. The number of H-pyrrole nitrogens is 1. The van der Waals surface area contributed by atoms with Gasteiger partial charge in [-0.2, -0.15) is 0 Å². The zero-order valence-corrected chi connectivity index (χ0v) is 13.6. The summed E-state index contributed by atoms with van der Waals surface area (Å²) in [5.41, 5.74) is 0.361. The Morgan fingerprint density at radius 1 is 1.19 bits per heavy atom. The highest BCUT2D eigenvalue weighted by Gasteiger charge is 2.19. The fourth-order valence-electron chi connectivity index (χ4n) is 1.64. The monoisotopic (exact) mass is 305 g/mol. The summed E-state index contributed by atoms with van der Waals surface area (Å²) in [6, 6.07) is 3.30. The second-order valence-electron chi connectivity index (χ2n) is 5.71. The Hall–Kier alpha value is -1.89. The van der Waals surface area contributed by atoms with Gasteiger partial charge in [-0.25, -0.2) is 15.0 Å². The standard InChI is InChI=1S/C14H19N5OS/c1-8-6-10(20)18-13(16-8)21-11-7-9(15-5)17-12(19-11)14(2,3)4/h6-7H,1-5H3,(H,15,17,19)(H,16,18,20). The molecule has 0 radical (unpaired) electrons. The Kier molecular flexibility index (Phi) is 4.32. The van der Waals surface area contributed by atoms with Crippen molar-refractivity contribution >= 4 is 17.6 Å². The quantitative estimate of drug-likeness (QED) is 0.669. The van der Waals surface area contributed by atoms with Gasteiger partial charge in [-0.05, 0) is 18.7 Å². The lowest BCUT2D eigenvalue weighted by Gasteiger charge is -2.18. The van der Waals surface area contributed by atoms with Gasteiger partial charge in [0.25, 0.3) is 5.56 Å². The van der Waals surface area contributed by atoms with Gasteiger partial charge in [0.1, 0.15) is 16.7 Å². The van der Waals surface area contributed by atoms with Crippen LogP contribution in [0, 0.1) is 6.92 Å². The van der Waals surface area contributed by atoms with Gasteiger partial charge in [0.2, 0.25) is 0 Å². The lowest BCUT2D eigenvalue weighted by molar-refractivity contribution is 0.539. The van der Waals surface area contributed by atoms with E-state index in [2.05, 4.69) is 46.0 Å². The third kappa shape index (κ3) is 4.04. The van der Waals surface area contributed by atoms with Crippen molar-refractivity contribution in [3.63, 3.8) is 0 Å². The largest absolute Gasteiger partial charge is 0.373 e. The highest BCUT2D eigenvalue weighted by molar-refractivity contribution is 7.99. The van der Waals surface area contributed by atoms with Crippen LogP contribution in [0.5, 0.6) is 0 Å². The van der Waals surface area contributed by atoms with Crippen molar-refractivity contribution in [2.75, 3.05) is 12.4 Å². The summed E-state index contributed by atoms with van der Waals surface area (Å²) in [7, 11) is 1.82. The molecule has 6 nitrogen and oxygen atoms in total. The molecule has 2 aromatic heterocycles. The first-order valence-corrected chi connectivity index (χ1v) is 7.43. The van der Waals surface area contributed by atoms with E-state index in [1.165, 1.54) is 17.8 Å². The average Bonchev–Trinajstić information content (AvgIpc) is 2.36. The smallest absolute Gasteiger partial charge is 0.251 e. The molecule has 0 aliphatic carbocycles. The average molecular weight is 305 g/mol. The lowest BCUT2D eigenvalue weighted by atomic mass is 9.96.